The quantitative estimate of drug-likeness (QED) is 0.431. The van der Waals surface area contributed by atoms with E-state index < -0.39 is 16.0 Å². The van der Waals surface area contributed by atoms with E-state index in [2.05, 4.69) is 5.10 Å². The first-order valence-corrected chi connectivity index (χ1v) is 11.9. The number of nitrogens with zero attached hydrogens (tertiary/aromatic N) is 3. The largest absolute Gasteiger partial charge is 0.462 e. The molecule has 0 saturated carbocycles. The number of carbonyl (C=O) groups is 2. The normalized spacial score (nSPS) is 15.0. The molecule has 1 aliphatic rings. The van der Waals surface area contributed by atoms with Crippen molar-refractivity contribution >= 4 is 39.4 Å². The third-order valence-electron chi connectivity index (χ3n) is 5.20. The molecule has 0 bridgehead atoms. The van der Waals surface area contributed by atoms with Crippen LogP contribution in [-0.4, -0.2) is 37.2 Å². The van der Waals surface area contributed by atoms with E-state index in [1.807, 2.05) is 16.7 Å². The van der Waals surface area contributed by atoms with Crippen molar-refractivity contribution in [2.75, 3.05) is 11.6 Å². The van der Waals surface area contributed by atoms with Crippen LogP contribution in [0.4, 0.5) is 5.69 Å². The zero-order valence-corrected chi connectivity index (χ0v) is 19.3. The molecule has 2 aromatic carbocycles. The van der Waals surface area contributed by atoms with Crippen molar-refractivity contribution in [2.45, 2.75) is 18.7 Å². The van der Waals surface area contributed by atoms with E-state index >= 15 is 0 Å². The summed E-state index contributed by atoms with van der Waals surface area (Å²) in [7, 11) is -3.79. The van der Waals surface area contributed by atoms with Gasteiger partial charge in [-0.1, -0.05) is 0 Å². The van der Waals surface area contributed by atoms with Crippen LogP contribution in [0.3, 0.4) is 0 Å². The van der Waals surface area contributed by atoms with Crippen LogP contribution >= 0.6 is 0 Å². The average Bonchev–Trinajstić information content (AvgIpc) is 3.39. The van der Waals surface area contributed by atoms with Gasteiger partial charge in [-0.3, -0.25) is 4.79 Å². The molecule has 174 valence electrons. The summed E-state index contributed by atoms with van der Waals surface area (Å²) < 4.78 is 29.8. The minimum atomic E-state index is -3.79. The number of hydrogen-bond donors (Lipinski definition) is 1. The van der Waals surface area contributed by atoms with Crippen LogP contribution in [0, 0.1) is 0 Å². The van der Waals surface area contributed by atoms with Crippen molar-refractivity contribution in [3.05, 3.63) is 83.7 Å². The van der Waals surface area contributed by atoms with Crippen LogP contribution in [0.2, 0.25) is 0 Å². The Morgan fingerprint density at radius 1 is 1.06 bits per heavy atom. The maximum atomic E-state index is 13.1. The molecule has 0 atom stereocenters. The SMILES string of the molecule is CCOC(=O)c1ccc(N2N=C(C)C(=Cc3cccn3-c3ccc(S(N)(=O)=O)cc3)C2=O)cc1. The highest BCUT2D eigenvalue weighted by atomic mass is 32.2. The third-order valence-corrected chi connectivity index (χ3v) is 6.13. The molecule has 3 aromatic rings. The van der Waals surface area contributed by atoms with Crippen molar-refractivity contribution < 1.29 is 22.7 Å². The summed E-state index contributed by atoms with van der Waals surface area (Å²) in [5.41, 5.74) is 3.28. The Kier molecular flexibility index (Phi) is 6.18. The summed E-state index contributed by atoms with van der Waals surface area (Å²) in [6.07, 6.45) is 3.53. The summed E-state index contributed by atoms with van der Waals surface area (Å²) in [6.45, 7) is 3.75. The minimum Gasteiger partial charge on any atom is -0.462 e. The van der Waals surface area contributed by atoms with Gasteiger partial charge in [0.15, 0.2) is 0 Å². The van der Waals surface area contributed by atoms with Gasteiger partial charge in [0.25, 0.3) is 5.91 Å². The van der Waals surface area contributed by atoms with Gasteiger partial charge < -0.3 is 9.30 Å². The number of primary sulfonamides is 1. The summed E-state index contributed by atoms with van der Waals surface area (Å²) in [5, 5.41) is 10.8. The maximum absolute atomic E-state index is 13.1. The molecular weight excluding hydrogens is 456 g/mol. The molecule has 4 rings (SSSR count). The predicted octanol–water partition coefficient (Wildman–Crippen LogP) is 3.11. The van der Waals surface area contributed by atoms with Crippen molar-refractivity contribution in [3.8, 4) is 5.69 Å². The van der Waals surface area contributed by atoms with Crippen molar-refractivity contribution in [2.24, 2.45) is 10.2 Å². The van der Waals surface area contributed by atoms with Gasteiger partial charge in [0.2, 0.25) is 10.0 Å². The molecule has 0 spiro atoms. The number of anilines is 1. The average molecular weight is 479 g/mol. The van der Waals surface area contributed by atoms with Crippen LogP contribution in [0.1, 0.15) is 29.9 Å². The van der Waals surface area contributed by atoms with Gasteiger partial charge in [0.05, 0.1) is 34.0 Å². The number of esters is 1. The Hall–Kier alpha value is -4.02. The second kappa shape index (κ2) is 9.08. The molecule has 0 aliphatic carbocycles. The van der Waals surface area contributed by atoms with E-state index in [0.29, 0.717) is 33.9 Å². The van der Waals surface area contributed by atoms with Gasteiger partial charge in [0, 0.05) is 17.6 Å². The zero-order valence-electron chi connectivity index (χ0n) is 18.5. The van der Waals surface area contributed by atoms with Gasteiger partial charge in [-0.15, -0.1) is 0 Å². The van der Waals surface area contributed by atoms with E-state index in [1.54, 1.807) is 62.5 Å². The summed E-state index contributed by atoms with van der Waals surface area (Å²) in [4.78, 5) is 25.0. The Bertz CT molecular complexity index is 1420. The Balaban J connectivity index is 1.60. The summed E-state index contributed by atoms with van der Waals surface area (Å²) in [5.74, 6) is -0.737. The molecule has 9 nitrogen and oxygen atoms in total. The fraction of sp³-hybridized carbons (Fsp3) is 0.125. The molecule has 0 saturated heterocycles. The zero-order chi connectivity index (χ0) is 24.5. The van der Waals surface area contributed by atoms with E-state index in [9.17, 15) is 18.0 Å². The molecule has 0 fully saturated rings. The third kappa shape index (κ3) is 4.54. The molecular formula is C24H22N4O5S. The van der Waals surface area contributed by atoms with Crippen LogP contribution in [0.5, 0.6) is 0 Å². The number of hydrazone groups is 1. The van der Waals surface area contributed by atoms with E-state index in [1.165, 1.54) is 17.1 Å². The number of hydrogen-bond acceptors (Lipinski definition) is 6. The Labute approximate surface area is 196 Å². The second-order valence-electron chi connectivity index (χ2n) is 7.47. The topological polar surface area (TPSA) is 124 Å². The lowest BCUT2D eigenvalue weighted by Gasteiger charge is -2.12. The van der Waals surface area contributed by atoms with E-state index in [0.717, 1.165) is 0 Å². The number of nitrogens with two attached hydrogens (primary N) is 1. The van der Waals surface area contributed by atoms with E-state index in [-0.39, 0.29) is 17.4 Å². The second-order valence-corrected chi connectivity index (χ2v) is 9.03. The number of ether oxygens (including phenoxy) is 1. The first-order chi connectivity index (χ1) is 16.2. The lowest BCUT2D eigenvalue weighted by molar-refractivity contribution is -0.114. The molecule has 1 amide bonds. The number of sulfonamides is 1. The predicted molar refractivity (Wildman–Crippen MR) is 128 cm³/mol. The van der Waals surface area contributed by atoms with Crippen molar-refractivity contribution in [1.82, 2.24) is 4.57 Å². The highest BCUT2D eigenvalue weighted by Crippen LogP contribution is 2.26. The number of carbonyl (C=O) groups excluding carboxylic acids is 2. The highest BCUT2D eigenvalue weighted by molar-refractivity contribution is 7.89. The van der Waals surface area contributed by atoms with Crippen molar-refractivity contribution in [1.29, 1.82) is 0 Å². The molecule has 34 heavy (non-hydrogen) atoms. The number of amides is 1. The van der Waals surface area contributed by atoms with Crippen LogP contribution in [-0.2, 0) is 19.6 Å². The van der Waals surface area contributed by atoms with Gasteiger partial charge in [0.1, 0.15) is 0 Å². The first-order valence-electron chi connectivity index (χ1n) is 10.4. The molecule has 0 unspecified atom stereocenters. The van der Waals surface area contributed by atoms with Crippen LogP contribution in [0.25, 0.3) is 11.8 Å². The molecule has 2 N–H and O–H groups in total. The van der Waals surface area contributed by atoms with Gasteiger partial charge in [-0.25, -0.2) is 18.4 Å². The Morgan fingerprint density at radius 2 is 1.71 bits per heavy atom. The fourth-order valence-corrected chi connectivity index (χ4v) is 4.02. The standard InChI is InChI=1S/C24H22N4O5S/c1-3-33-24(30)17-6-8-19(9-7-17)28-23(29)22(16(2)26-28)15-20-5-4-14-27(20)18-10-12-21(13-11-18)34(25,31)32/h4-15H,3H2,1-2H3,(H2,25,31,32). The van der Waals surface area contributed by atoms with Crippen LogP contribution < -0.4 is 10.1 Å². The molecule has 1 aromatic heterocycles. The monoisotopic (exact) mass is 478 g/mol. The van der Waals surface area contributed by atoms with Gasteiger partial charge in [-0.05, 0) is 80.6 Å². The lowest BCUT2D eigenvalue weighted by Crippen LogP contribution is -2.21. The molecule has 2 heterocycles. The van der Waals surface area contributed by atoms with Crippen LogP contribution in [0.15, 0.2) is 82.4 Å². The molecule has 1 aliphatic heterocycles. The lowest BCUT2D eigenvalue weighted by atomic mass is 10.1. The first kappa shape index (κ1) is 23.1. The Morgan fingerprint density at radius 3 is 2.32 bits per heavy atom. The minimum absolute atomic E-state index is 0.0156. The summed E-state index contributed by atoms with van der Waals surface area (Å²) in [6, 6.07) is 16.2. The number of aromatic nitrogens is 1. The van der Waals surface area contributed by atoms with Gasteiger partial charge in [-0.2, -0.15) is 10.1 Å². The number of rotatable bonds is 6. The maximum Gasteiger partial charge on any atom is 0.338 e. The van der Waals surface area contributed by atoms with E-state index in [4.69, 9.17) is 9.88 Å². The smallest absolute Gasteiger partial charge is 0.338 e. The van der Waals surface area contributed by atoms with Gasteiger partial charge >= 0.3 is 5.97 Å². The molecule has 0 radical (unpaired) electrons. The van der Waals surface area contributed by atoms with Crippen molar-refractivity contribution in [3.63, 3.8) is 0 Å². The number of benzene rings is 2. The molecule has 10 heteroatoms. The fourth-order valence-electron chi connectivity index (χ4n) is 3.50. The summed E-state index contributed by atoms with van der Waals surface area (Å²) >= 11 is 0. The highest BCUT2D eigenvalue weighted by Gasteiger charge is 2.29.